The zero-order valence-electron chi connectivity index (χ0n) is 9.88. The van der Waals surface area contributed by atoms with E-state index in [0.29, 0.717) is 0 Å². The second-order valence-corrected chi connectivity index (χ2v) is 4.48. The van der Waals surface area contributed by atoms with E-state index in [1.807, 2.05) is 0 Å². The van der Waals surface area contributed by atoms with Crippen LogP contribution in [0, 0.1) is 0 Å². The quantitative estimate of drug-likeness (QED) is 0.768. The molecule has 1 N–H and O–H groups in total. The Hall–Kier alpha value is -0.870. The molecule has 0 radical (unpaired) electrons. The lowest BCUT2D eigenvalue weighted by molar-refractivity contribution is 0.410. The maximum atomic E-state index is 4.61. The van der Waals surface area contributed by atoms with Gasteiger partial charge < -0.3 is 10.2 Å². The van der Waals surface area contributed by atoms with Gasteiger partial charge in [-0.2, -0.15) is 5.10 Å². The minimum absolute atomic E-state index is 0.992. The van der Waals surface area contributed by atoms with Gasteiger partial charge in [-0.05, 0) is 14.1 Å². The summed E-state index contributed by atoms with van der Waals surface area (Å²) in [4.78, 5) is 2.21. The molecular formula is C11H20N4. The van der Waals surface area contributed by atoms with E-state index in [2.05, 4.69) is 41.1 Å². The summed E-state index contributed by atoms with van der Waals surface area (Å²) in [6.45, 7) is 3.15. The van der Waals surface area contributed by atoms with E-state index in [1.165, 1.54) is 17.0 Å². The number of nitrogens with zero attached hydrogens (tertiary/aromatic N) is 3. The Morgan fingerprint density at radius 3 is 3.00 bits per heavy atom. The molecule has 4 heteroatoms. The van der Waals surface area contributed by atoms with Gasteiger partial charge in [0, 0.05) is 50.8 Å². The van der Waals surface area contributed by atoms with Crippen LogP contribution in [0.3, 0.4) is 0 Å². The summed E-state index contributed by atoms with van der Waals surface area (Å²) in [6.07, 6.45) is 2.17. The number of aromatic nitrogens is 2. The van der Waals surface area contributed by atoms with Crippen molar-refractivity contribution in [2.24, 2.45) is 7.05 Å². The highest BCUT2D eigenvalue weighted by atomic mass is 15.3. The summed E-state index contributed by atoms with van der Waals surface area (Å²) in [5, 5.41) is 8.03. The van der Waals surface area contributed by atoms with Crippen molar-refractivity contribution >= 4 is 0 Å². The first-order chi connectivity index (χ1) is 7.18. The van der Waals surface area contributed by atoms with Crippen LogP contribution >= 0.6 is 0 Å². The average Bonchev–Trinajstić information content (AvgIpc) is 2.54. The molecule has 0 bridgehead atoms. The predicted octanol–water partition coefficient (Wildman–Crippen LogP) is 0.170. The SMILES string of the molecule is CN(C)CCc1nn(C)c2c1CNCC2. The Bertz CT molecular complexity index is 341. The van der Waals surface area contributed by atoms with Gasteiger partial charge in [0.1, 0.15) is 0 Å². The van der Waals surface area contributed by atoms with E-state index in [0.717, 1.165) is 32.5 Å². The standard InChI is InChI=1S/C11H20N4/c1-14(2)7-5-10-9-8-12-6-4-11(9)15(3)13-10/h12H,4-8H2,1-3H3. The van der Waals surface area contributed by atoms with Crippen LogP contribution in [0.2, 0.25) is 0 Å². The molecule has 0 amide bonds. The van der Waals surface area contributed by atoms with E-state index in [-0.39, 0.29) is 0 Å². The van der Waals surface area contributed by atoms with Crippen LogP contribution in [-0.4, -0.2) is 41.9 Å². The van der Waals surface area contributed by atoms with Gasteiger partial charge in [-0.15, -0.1) is 0 Å². The first kappa shape index (κ1) is 10.6. The fourth-order valence-corrected chi connectivity index (χ4v) is 2.13. The Balaban J connectivity index is 2.17. The molecule has 4 nitrogen and oxygen atoms in total. The number of fused-ring (bicyclic) bond motifs is 1. The number of aryl methyl sites for hydroxylation is 1. The molecular weight excluding hydrogens is 188 g/mol. The zero-order valence-corrected chi connectivity index (χ0v) is 9.88. The van der Waals surface area contributed by atoms with E-state index >= 15 is 0 Å². The molecule has 1 aliphatic rings. The highest BCUT2D eigenvalue weighted by molar-refractivity contribution is 5.28. The highest BCUT2D eigenvalue weighted by Gasteiger charge is 2.18. The molecule has 84 valence electrons. The topological polar surface area (TPSA) is 33.1 Å². The third-order valence-corrected chi connectivity index (χ3v) is 2.99. The molecule has 0 atom stereocenters. The number of nitrogens with one attached hydrogen (secondary N) is 1. The maximum absolute atomic E-state index is 4.61. The molecule has 1 aromatic heterocycles. The van der Waals surface area contributed by atoms with Gasteiger partial charge >= 0.3 is 0 Å². The van der Waals surface area contributed by atoms with Gasteiger partial charge in [0.05, 0.1) is 5.69 Å². The van der Waals surface area contributed by atoms with E-state index in [4.69, 9.17) is 0 Å². The molecule has 1 aromatic rings. The summed E-state index contributed by atoms with van der Waals surface area (Å²) < 4.78 is 2.06. The number of likely N-dealkylation sites (N-methyl/N-ethyl adjacent to an activating group) is 1. The average molecular weight is 208 g/mol. The Morgan fingerprint density at radius 1 is 1.47 bits per heavy atom. The van der Waals surface area contributed by atoms with Crippen molar-refractivity contribution in [2.45, 2.75) is 19.4 Å². The predicted molar refractivity (Wildman–Crippen MR) is 60.9 cm³/mol. The number of hydrogen-bond acceptors (Lipinski definition) is 3. The normalized spacial score (nSPS) is 15.7. The second kappa shape index (κ2) is 4.33. The number of hydrogen-bond donors (Lipinski definition) is 1. The van der Waals surface area contributed by atoms with Gasteiger partial charge in [-0.3, -0.25) is 4.68 Å². The van der Waals surface area contributed by atoms with Gasteiger partial charge in [0.15, 0.2) is 0 Å². The molecule has 2 heterocycles. The van der Waals surface area contributed by atoms with Gasteiger partial charge in [0.2, 0.25) is 0 Å². The Kier molecular flexibility index (Phi) is 3.07. The van der Waals surface area contributed by atoms with E-state index < -0.39 is 0 Å². The molecule has 0 saturated heterocycles. The molecule has 2 rings (SSSR count). The molecule has 0 saturated carbocycles. The molecule has 0 fully saturated rings. The number of rotatable bonds is 3. The Morgan fingerprint density at radius 2 is 2.27 bits per heavy atom. The molecule has 0 aromatic carbocycles. The monoisotopic (exact) mass is 208 g/mol. The van der Waals surface area contributed by atoms with Gasteiger partial charge in [0.25, 0.3) is 0 Å². The summed E-state index contributed by atoms with van der Waals surface area (Å²) in [7, 11) is 6.27. The lowest BCUT2D eigenvalue weighted by atomic mass is 10.1. The van der Waals surface area contributed by atoms with Gasteiger partial charge in [-0.25, -0.2) is 0 Å². The van der Waals surface area contributed by atoms with Crippen LogP contribution in [0.4, 0.5) is 0 Å². The van der Waals surface area contributed by atoms with Crippen LogP contribution < -0.4 is 5.32 Å². The van der Waals surface area contributed by atoms with Crippen LogP contribution in [0.1, 0.15) is 17.0 Å². The molecule has 15 heavy (non-hydrogen) atoms. The fourth-order valence-electron chi connectivity index (χ4n) is 2.13. The highest BCUT2D eigenvalue weighted by Crippen LogP contribution is 2.17. The lowest BCUT2D eigenvalue weighted by Gasteiger charge is -2.15. The third-order valence-electron chi connectivity index (χ3n) is 2.99. The molecule has 0 spiro atoms. The summed E-state index contributed by atoms with van der Waals surface area (Å²) in [5.74, 6) is 0. The maximum Gasteiger partial charge on any atom is 0.0685 e. The van der Waals surface area contributed by atoms with Crippen LogP contribution in [0.15, 0.2) is 0 Å². The fraction of sp³-hybridized carbons (Fsp3) is 0.727. The van der Waals surface area contributed by atoms with E-state index in [9.17, 15) is 0 Å². The zero-order chi connectivity index (χ0) is 10.8. The smallest absolute Gasteiger partial charge is 0.0685 e. The molecule has 0 unspecified atom stereocenters. The molecule has 0 aliphatic carbocycles. The van der Waals surface area contributed by atoms with Crippen molar-refractivity contribution in [3.05, 3.63) is 17.0 Å². The second-order valence-electron chi connectivity index (χ2n) is 4.48. The van der Waals surface area contributed by atoms with Crippen molar-refractivity contribution in [3.63, 3.8) is 0 Å². The van der Waals surface area contributed by atoms with Crippen molar-refractivity contribution in [1.82, 2.24) is 20.0 Å². The molecule has 1 aliphatic heterocycles. The minimum Gasteiger partial charge on any atom is -0.312 e. The summed E-state index contributed by atoms with van der Waals surface area (Å²) >= 11 is 0. The first-order valence-corrected chi connectivity index (χ1v) is 5.57. The van der Waals surface area contributed by atoms with Gasteiger partial charge in [-0.1, -0.05) is 0 Å². The van der Waals surface area contributed by atoms with Crippen molar-refractivity contribution in [3.8, 4) is 0 Å². The van der Waals surface area contributed by atoms with E-state index in [1.54, 1.807) is 0 Å². The van der Waals surface area contributed by atoms with Crippen LogP contribution in [-0.2, 0) is 26.4 Å². The van der Waals surface area contributed by atoms with Crippen molar-refractivity contribution in [2.75, 3.05) is 27.2 Å². The summed E-state index contributed by atoms with van der Waals surface area (Å²) in [5.41, 5.74) is 4.13. The Labute approximate surface area is 91.3 Å². The third kappa shape index (κ3) is 2.21. The summed E-state index contributed by atoms with van der Waals surface area (Å²) in [6, 6.07) is 0. The van der Waals surface area contributed by atoms with Crippen molar-refractivity contribution < 1.29 is 0 Å². The minimum atomic E-state index is 0.992. The van der Waals surface area contributed by atoms with Crippen LogP contribution in [0.25, 0.3) is 0 Å². The first-order valence-electron chi connectivity index (χ1n) is 5.57. The lowest BCUT2D eigenvalue weighted by Crippen LogP contribution is -2.25. The van der Waals surface area contributed by atoms with Crippen molar-refractivity contribution in [1.29, 1.82) is 0 Å². The van der Waals surface area contributed by atoms with Crippen LogP contribution in [0.5, 0.6) is 0 Å². The largest absolute Gasteiger partial charge is 0.312 e.